The van der Waals surface area contributed by atoms with Crippen LogP contribution in [0.25, 0.3) is 11.0 Å². The average molecular weight is 422 g/mol. The number of hydrogen-bond acceptors (Lipinski definition) is 4. The van der Waals surface area contributed by atoms with Gasteiger partial charge in [-0.05, 0) is 42.0 Å². The first kappa shape index (κ1) is 19.6. The number of nitrogens with zero attached hydrogens (tertiary/aromatic N) is 1. The maximum atomic E-state index is 12.5. The van der Waals surface area contributed by atoms with Crippen LogP contribution in [0.15, 0.2) is 88.6 Å². The van der Waals surface area contributed by atoms with Crippen molar-refractivity contribution in [1.82, 2.24) is 14.3 Å². The van der Waals surface area contributed by atoms with Crippen LogP contribution in [-0.4, -0.2) is 24.0 Å². The molecule has 30 heavy (non-hydrogen) atoms. The molecule has 3 N–H and O–H groups in total. The number of aromatic nitrogens is 2. The van der Waals surface area contributed by atoms with E-state index in [1.807, 2.05) is 0 Å². The Balaban J connectivity index is 1.44. The van der Waals surface area contributed by atoms with E-state index in [-0.39, 0.29) is 11.4 Å². The van der Waals surface area contributed by atoms with Crippen molar-refractivity contribution in [3.8, 4) is 0 Å². The molecule has 0 aliphatic heterocycles. The molecule has 0 aliphatic rings. The Bertz CT molecular complexity index is 1360. The minimum Gasteiger partial charge on any atom is -0.307 e. The molecule has 1 aromatic heterocycles. The van der Waals surface area contributed by atoms with E-state index >= 15 is 0 Å². The van der Waals surface area contributed by atoms with Gasteiger partial charge in [-0.2, -0.15) is 0 Å². The number of fused-ring (bicyclic) bond motifs is 1. The molecule has 8 nitrogen and oxygen atoms in total. The molecular weight excluding hydrogens is 404 g/mol. The normalized spacial score (nSPS) is 11.5. The summed E-state index contributed by atoms with van der Waals surface area (Å²) in [5.74, 6) is 0. The SMILES string of the molecule is O=C(Nc1ccc(CNS(=O)(=O)c2ccccc2)cc1)n1c(=O)[nH]c2ccccc21. The third-order valence-corrected chi connectivity index (χ3v) is 5.93. The number of amides is 1. The third kappa shape index (κ3) is 4.02. The predicted molar refractivity (Wildman–Crippen MR) is 114 cm³/mol. The third-order valence-electron chi connectivity index (χ3n) is 4.52. The van der Waals surface area contributed by atoms with Crippen molar-refractivity contribution in [3.63, 3.8) is 0 Å². The van der Waals surface area contributed by atoms with Crippen molar-refractivity contribution in [1.29, 1.82) is 0 Å². The second kappa shape index (κ2) is 7.97. The number of benzene rings is 3. The molecule has 0 aliphatic carbocycles. The van der Waals surface area contributed by atoms with Gasteiger partial charge in [0.15, 0.2) is 0 Å². The number of nitrogens with one attached hydrogen (secondary N) is 3. The van der Waals surface area contributed by atoms with Crippen molar-refractivity contribution in [2.24, 2.45) is 0 Å². The van der Waals surface area contributed by atoms with Gasteiger partial charge in [-0.15, -0.1) is 0 Å². The fourth-order valence-electron chi connectivity index (χ4n) is 3.00. The first-order valence-electron chi connectivity index (χ1n) is 9.09. The van der Waals surface area contributed by atoms with Crippen LogP contribution in [0.4, 0.5) is 10.5 Å². The summed E-state index contributed by atoms with van der Waals surface area (Å²) >= 11 is 0. The Morgan fingerprint density at radius 2 is 1.57 bits per heavy atom. The number of sulfonamides is 1. The number of imidazole rings is 1. The number of carbonyl (C=O) groups excluding carboxylic acids is 1. The van der Waals surface area contributed by atoms with E-state index in [0.717, 1.165) is 10.1 Å². The number of rotatable bonds is 5. The van der Waals surface area contributed by atoms with E-state index in [0.29, 0.717) is 16.7 Å². The van der Waals surface area contributed by atoms with Gasteiger partial charge in [0.2, 0.25) is 10.0 Å². The van der Waals surface area contributed by atoms with Gasteiger partial charge in [0.1, 0.15) is 0 Å². The fourth-order valence-corrected chi connectivity index (χ4v) is 4.04. The van der Waals surface area contributed by atoms with Gasteiger partial charge < -0.3 is 10.3 Å². The lowest BCUT2D eigenvalue weighted by molar-refractivity contribution is 0.253. The summed E-state index contributed by atoms with van der Waals surface area (Å²) in [6.07, 6.45) is 0. The molecule has 1 amide bonds. The second-order valence-corrected chi connectivity index (χ2v) is 8.31. The van der Waals surface area contributed by atoms with Crippen molar-refractivity contribution in [2.75, 3.05) is 5.32 Å². The Morgan fingerprint density at radius 3 is 2.30 bits per heavy atom. The Labute approximate surface area is 172 Å². The molecule has 0 unspecified atom stereocenters. The van der Waals surface area contributed by atoms with Gasteiger partial charge in [-0.3, -0.25) is 0 Å². The largest absolute Gasteiger partial charge is 0.334 e. The quantitative estimate of drug-likeness (QED) is 0.459. The molecule has 0 spiro atoms. The van der Waals surface area contributed by atoms with Crippen molar-refractivity contribution < 1.29 is 13.2 Å². The minimum absolute atomic E-state index is 0.105. The number of H-pyrrole nitrogens is 1. The van der Waals surface area contributed by atoms with Crippen molar-refractivity contribution in [2.45, 2.75) is 11.4 Å². The molecule has 0 atom stereocenters. The highest BCUT2D eigenvalue weighted by molar-refractivity contribution is 7.89. The average Bonchev–Trinajstić information content (AvgIpc) is 3.09. The van der Waals surface area contributed by atoms with Crippen LogP contribution in [0.5, 0.6) is 0 Å². The first-order valence-corrected chi connectivity index (χ1v) is 10.6. The lowest BCUT2D eigenvalue weighted by atomic mass is 10.2. The maximum Gasteiger partial charge on any atom is 0.334 e. The van der Waals surface area contributed by atoms with Gasteiger partial charge in [-0.1, -0.05) is 42.5 Å². The van der Waals surface area contributed by atoms with Gasteiger partial charge in [0.05, 0.1) is 15.9 Å². The molecule has 152 valence electrons. The second-order valence-electron chi connectivity index (χ2n) is 6.55. The molecule has 4 aromatic rings. The molecule has 0 bridgehead atoms. The van der Waals surface area contributed by atoms with E-state index < -0.39 is 21.7 Å². The van der Waals surface area contributed by atoms with Gasteiger partial charge in [0.25, 0.3) is 0 Å². The van der Waals surface area contributed by atoms with Gasteiger partial charge in [0, 0.05) is 12.2 Å². The standard InChI is InChI=1S/C21H18N4O4S/c26-20(25-19-9-5-4-8-18(19)24-21(25)27)23-16-12-10-15(11-13-16)14-22-30(28,29)17-6-2-1-3-7-17/h1-13,22H,14H2,(H,23,26)(H,24,27). The number of anilines is 1. The molecule has 9 heteroatoms. The summed E-state index contributed by atoms with van der Waals surface area (Å²) in [5, 5.41) is 2.67. The number of para-hydroxylation sites is 2. The molecule has 0 saturated carbocycles. The molecule has 0 saturated heterocycles. The van der Waals surface area contributed by atoms with Gasteiger partial charge >= 0.3 is 11.7 Å². The van der Waals surface area contributed by atoms with Crippen LogP contribution in [-0.2, 0) is 16.6 Å². The minimum atomic E-state index is -3.60. The zero-order chi connectivity index (χ0) is 21.1. The Kier molecular flexibility index (Phi) is 5.21. The number of hydrogen-bond donors (Lipinski definition) is 3. The Morgan fingerprint density at radius 1 is 0.900 bits per heavy atom. The van der Waals surface area contributed by atoms with E-state index in [1.54, 1.807) is 66.7 Å². The topological polar surface area (TPSA) is 113 Å². The summed E-state index contributed by atoms with van der Waals surface area (Å²) in [4.78, 5) is 27.5. The Hall–Kier alpha value is -3.69. The van der Waals surface area contributed by atoms with E-state index in [1.165, 1.54) is 12.1 Å². The summed E-state index contributed by atoms with van der Waals surface area (Å²) in [6, 6.07) is 21.1. The lowest BCUT2D eigenvalue weighted by Gasteiger charge is -2.09. The molecule has 0 fully saturated rings. The molecule has 1 heterocycles. The van der Waals surface area contributed by atoms with Crippen LogP contribution < -0.4 is 15.7 Å². The van der Waals surface area contributed by atoms with Gasteiger partial charge in [-0.25, -0.2) is 27.3 Å². The number of carbonyl (C=O) groups is 1. The molecule has 4 rings (SSSR count). The maximum absolute atomic E-state index is 12.5. The number of aromatic amines is 1. The zero-order valence-electron chi connectivity index (χ0n) is 15.7. The van der Waals surface area contributed by atoms with Crippen LogP contribution in [0.3, 0.4) is 0 Å². The molecule has 0 radical (unpaired) electrons. The van der Waals surface area contributed by atoms with Crippen LogP contribution >= 0.6 is 0 Å². The smallest absolute Gasteiger partial charge is 0.307 e. The predicted octanol–water partition coefficient (Wildman–Crippen LogP) is 2.89. The molecule has 3 aromatic carbocycles. The van der Waals surface area contributed by atoms with Crippen LogP contribution in [0, 0.1) is 0 Å². The van der Waals surface area contributed by atoms with Crippen LogP contribution in [0.1, 0.15) is 5.56 Å². The highest BCUT2D eigenvalue weighted by Crippen LogP contribution is 2.14. The van der Waals surface area contributed by atoms with Crippen LogP contribution in [0.2, 0.25) is 0 Å². The summed E-state index contributed by atoms with van der Waals surface area (Å²) in [5.41, 5.74) is 1.72. The highest BCUT2D eigenvalue weighted by atomic mass is 32.2. The molecular formula is C21H18N4O4S. The summed E-state index contributed by atoms with van der Waals surface area (Å²) < 4.78 is 28.1. The van der Waals surface area contributed by atoms with E-state index in [2.05, 4.69) is 15.0 Å². The van der Waals surface area contributed by atoms with Crippen molar-refractivity contribution >= 4 is 32.8 Å². The fraction of sp³-hybridized carbons (Fsp3) is 0.0476. The lowest BCUT2D eigenvalue weighted by Crippen LogP contribution is -2.29. The zero-order valence-corrected chi connectivity index (χ0v) is 16.5. The summed E-state index contributed by atoms with van der Waals surface area (Å²) in [7, 11) is -3.60. The summed E-state index contributed by atoms with van der Waals surface area (Å²) in [6.45, 7) is 0.105. The van der Waals surface area contributed by atoms with E-state index in [9.17, 15) is 18.0 Å². The highest BCUT2D eigenvalue weighted by Gasteiger charge is 2.14. The van der Waals surface area contributed by atoms with E-state index in [4.69, 9.17) is 0 Å². The van der Waals surface area contributed by atoms with Crippen molar-refractivity contribution in [3.05, 3.63) is 94.9 Å². The monoisotopic (exact) mass is 422 g/mol. The first-order chi connectivity index (χ1) is 14.4.